The molecule has 0 saturated carbocycles. The summed E-state index contributed by atoms with van der Waals surface area (Å²) in [6, 6.07) is -0.559. The quantitative estimate of drug-likeness (QED) is 0.807. The van der Waals surface area contributed by atoms with Gasteiger partial charge < -0.3 is 10.0 Å². The molecule has 122 valence electrons. The van der Waals surface area contributed by atoms with E-state index in [1.165, 1.54) is 10.6 Å². The summed E-state index contributed by atoms with van der Waals surface area (Å²) in [7, 11) is -3.35. The third-order valence-corrected chi connectivity index (χ3v) is 5.83. The molecule has 0 bridgehead atoms. The number of hydrogen-bond acceptors (Lipinski definition) is 4. The van der Waals surface area contributed by atoms with Crippen molar-refractivity contribution in [1.29, 1.82) is 0 Å². The monoisotopic (exact) mass is 318 g/mol. The third-order valence-electron chi connectivity index (χ3n) is 4.54. The van der Waals surface area contributed by atoms with Crippen molar-refractivity contribution >= 4 is 15.9 Å². The molecule has 0 aromatic rings. The Morgan fingerprint density at radius 2 is 1.86 bits per heavy atom. The van der Waals surface area contributed by atoms with Crippen molar-refractivity contribution in [2.24, 2.45) is 0 Å². The van der Waals surface area contributed by atoms with Gasteiger partial charge in [0, 0.05) is 19.6 Å². The molecule has 0 spiro atoms. The average Bonchev–Trinajstić information content (AvgIpc) is 2.58. The number of piperidine rings is 1. The highest BCUT2D eigenvalue weighted by molar-refractivity contribution is 7.88. The average molecular weight is 318 g/mol. The second kappa shape index (κ2) is 6.22. The van der Waals surface area contributed by atoms with Crippen molar-refractivity contribution in [3.8, 4) is 0 Å². The van der Waals surface area contributed by atoms with Crippen LogP contribution in [0.2, 0.25) is 0 Å². The van der Waals surface area contributed by atoms with Gasteiger partial charge in [-0.1, -0.05) is 6.42 Å². The molecule has 2 rings (SSSR count). The fraction of sp³-hybridized carbons (Fsp3) is 0.929. The highest BCUT2D eigenvalue weighted by Crippen LogP contribution is 2.25. The molecular formula is C14H26N2O4S. The van der Waals surface area contributed by atoms with E-state index >= 15 is 0 Å². The minimum atomic E-state index is -3.35. The van der Waals surface area contributed by atoms with Gasteiger partial charge in [0.25, 0.3) is 0 Å². The highest BCUT2D eigenvalue weighted by atomic mass is 32.2. The molecule has 2 heterocycles. The molecule has 2 unspecified atom stereocenters. The highest BCUT2D eigenvalue weighted by Gasteiger charge is 2.38. The predicted molar refractivity (Wildman–Crippen MR) is 80.2 cm³/mol. The van der Waals surface area contributed by atoms with Crippen LogP contribution in [0.25, 0.3) is 0 Å². The predicted octanol–water partition coefficient (Wildman–Crippen LogP) is 0.564. The summed E-state index contributed by atoms with van der Waals surface area (Å²) in [6.45, 7) is 3.33. The maximum atomic E-state index is 12.7. The van der Waals surface area contributed by atoms with Crippen molar-refractivity contribution in [3.05, 3.63) is 0 Å². The zero-order valence-corrected chi connectivity index (χ0v) is 13.7. The first-order valence-corrected chi connectivity index (χ1v) is 9.53. The van der Waals surface area contributed by atoms with Crippen LogP contribution in [0.15, 0.2) is 0 Å². The number of rotatable bonds is 2. The van der Waals surface area contributed by atoms with E-state index in [4.69, 9.17) is 0 Å². The van der Waals surface area contributed by atoms with E-state index < -0.39 is 21.7 Å². The van der Waals surface area contributed by atoms with E-state index in [1.807, 2.05) is 0 Å². The summed E-state index contributed by atoms with van der Waals surface area (Å²) in [5.74, 6) is -0.0992. The topological polar surface area (TPSA) is 77.9 Å². The molecular weight excluding hydrogens is 292 g/mol. The summed E-state index contributed by atoms with van der Waals surface area (Å²) in [5.41, 5.74) is -0.724. The van der Waals surface area contributed by atoms with E-state index in [0.29, 0.717) is 38.9 Å². The largest absolute Gasteiger partial charge is 0.390 e. The van der Waals surface area contributed by atoms with Gasteiger partial charge in [0.05, 0.1) is 11.9 Å². The molecule has 2 aliphatic heterocycles. The molecule has 2 saturated heterocycles. The Labute approximate surface area is 127 Å². The molecule has 1 N–H and O–H groups in total. The number of nitrogens with zero attached hydrogens (tertiary/aromatic N) is 2. The van der Waals surface area contributed by atoms with Crippen molar-refractivity contribution in [2.45, 2.75) is 57.1 Å². The first kappa shape index (κ1) is 16.7. The summed E-state index contributed by atoms with van der Waals surface area (Å²) >= 11 is 0. The number of sulfonamides is 1. The van der Waals surface area contributed by atoms with Crippen LogP contribution in [-0.2, 0) is 14.8 Å². The molecule has 6 nitrogen and oxygen atoms in total. The molecule has 21 heavy (non-hydrogen) atoms. The second-order valence-electron chi connectivity index (χ2n) is 6.56. The van der Waals surface area contributed by atoms with Crippen LogP contribution in [0.4, 0.5) is 0 Å². The lowest BCUT2D eigenvalue weighted by molar-refractivity contribution is -0.136. The van der Waals surface area contributed by atoms with E-state index in [2.05, 4.69) is 0 Å². The van der Waals surface area contributed by atoms with Crippen molar-refractivity contribution in [3.63, 3.8) is 0 Å². The van der Waals surface area contributed by atoms with Gasteiger partial charge in [0.1, 0.15) is 6.04 Å². The smallest absolute Gasteiger partial charge is 0.241 e. The van der Waals surface area contributed by atoms with Gasteiger partial charge in [0.2, 0.25) is 15.9 Å². The van der Waals surface area contributed by atoms with Crippen LogP contribution in [0, 0.1) is 0 Å². The number of hydrogen-bond donors (Lipinski definition) is 1. The Balaban J connectivity index is 2.10. The van der Waals surface area contributed by atoms with Crippen LogP contribution in [0.5, 0.6) is 0 Å². The normalized spacial score (nSPS) is 32.7. The fourth-order valence-corrected chi connectivity index (χ4v) is 4.36. The lowest BCUT2D eigenvalue weighted by Crippen LogP contribution is -2.53. The minimum absolute atomic E-state index is 0.0992. The fourth-order valence-electron chi connectivity index (χ4n) is 3.24. The molecule has 7 heteroatoms. The maximum absolute atomic E-state index is 12.7. The van der Waals surface area contributed by atoms with E-state index in [0.717, 1.165) is 19.3 Å². The van der Waals surface area contributed by atoms with Crippen LogP contribution < -0.4 is 0 Å². The molecule has 0 aliphatic carbocycles. The minimum Gasteiger partial charge on any atom is -0.390 e. The van der Waals surface area contributed by atoms with Gasteiger partial charge in [0.15, 0.2) is 0 Å². The summed E-state index contributed by atoms with van der Waals surface area (Å²) < 4.78 is 25.1. The maximum Gasteiger partial charge on any atom is 0.241 e. The zero-order chi connectivity index (χ0) is 15.7. The molecule has 2 fully saturated rings. The van der Waals surface area contributed by atoms with Gasteiger partial charge in [-0.3, -0.25) is 4.79 Å². The Kier molecular flexibility index (Phi) is 4.95. The number of aliphatic hydroxyl groups is 1. The molecule has 2 aliphatic rings. The van der Waals surface area contributed by atoms with E-state index in [9.17, 15) is 18.3 Å². The second-order valence-corrected chi connectivity index (χ2v) is 8.50. The van der Waals surface area contributed by atoms with Gasteiger partial charge >= 0.3 is 0 Å². The standard InChI is InChI=1S/C14H26N2O4S/c1-14(18)7-5-9-15(11-8-14)13(17)12-6-3-4-10-16(12)21(2,19)20/h12,18H,3-11H2,1-2H3. The van der Waals surface area contributed by atoms with Crippen LogP contribution in [-0.4, -0.2) is 66.2 Å². The Hall–Kier alpha value is -0.660. The molecule has 0 aromatic carbocycles. The van der Waals surface area contributed by atoms with Crippen LogP contribution in [0.3, 0.4) is 0 Å². The Bertz CT molecular complexity index is 489. The number of carbonyl (C=O) groups excluding carboxylic acids is 1. The molecule has 2 atom stereocenters. The molecule has 0 aromatic heterocycles. The van der Waals surface area contributed by atoms with Crippen LogP contribution >= 0.6 is 0 Å². The summed E-state index contributed by atoms with van der Waals surface area (Å²) in [6.07, 6.45) is 5.44. The summed E-state index contributed by atoms with van der Waals surface area (Å²) in [4.78, 5) is 14.4. The third kappa shape index (κ3) is 4.17. The number of amides is 1. The van der Waals surface area contributed by atoms with Crippen molar-refractivity contribution in [2.75, 3.05) is 25.9 Å². The van der Waals surface area contributed by atoms with Gasteiger partial charge in [-0.2, -0.15) is 4.31 Å². The lowest BCUT2D eigenvalue weighted by Gasteiger charge is -2.36. The van der Waals surface area contributed by atoms with Crippen LogP contribution in [0.1, 0.15) is 45.4 Å². The molecule has 0 radical (unpaired) electrons. The SMILES string of the molecule is CC1(O)CCCN(C(=O)C2CCCCN2S(C)(=O)=O)CC1. The number of likely N-dealkylation sites (tertiary alicyclic amines) is 1. The summed E-state index contributed by atoms with van der Waals surface area (Å²) in [5, 5.41) is 10.1. The zero-order valence-electron chi connectivity index (χ0n) is 12.9. The van der Waals surface area contributed by atoms with Crippen molar-refractivity contribution < 1.29 is 18.3 Å². The first-order chi connectivity index (χ1) is 9.71. The Morgan fingerprint density at radius 3 is 2.52 bits per heavy atom. The van der Waals surface area contributed by atoms with Crippen molar-refractivity contribution in [1.82, 2.24) is 9.21 Å². The lowest BCUT2D eigenvalue weighted by atomic mass is 9.98. The van der Waals surface area contributed by atoms with Gasteiger partial charge in [-0.25, -0.2) is 8.42 Å². The first-order valence-electron chi connectivity index (χ1n) is 7.69. The Morgan fingerprint density at radius 1 is 1.14 bits per heavy atom. The van der Waals surface area contributed by atoms with Gasteiger partial charge in [-0.05, 0) is 39.0 Å². The van der Waals surface area contributed by atoms with E-state index in [-0.39, 0.29) is 5.91 Å². The van der Waals surface area contributed by atoms with Gasteiger partial charge in [-0.15, -0.1) is 0 Å². The number of carbonyl (C=O) groups is 1. The van der Waals surface area contributed by atoms with E-state index in [1.54, 1.807) is 11.8 Å². The molecule has 1 amide bonds.